The SMILES string of the molecule is CC(N)COC(C)c1cc(C(C)C)cc(C(F)(F)F)c1. The Hall–Kier alpha value is -1.07. The fraction of sp³-hybridized carbons (Fsp3) is 0.600. The summed E-state index contributed by atoms with van der Waals surface area (Å²) in [6.07, 6.45) is -4.76. The van der Waals surface area contributed by atoms with Gasteiger partial charge in [-0.3, -0.25) is 0 Å². The van der Waals surface area contributed by atoms with Crippen LogP contribution in [-0.4, -0.2) is 12.6 Å². The molecule has 2 unspecified atom stereocenters. The number of ether oxygens (including phenoxy) is 1. The number of hydrogen-bond donors (Lipinski definition) is 1. The van der Waals surface area contributed by atoms with Gasteiger partial charge in [0.2, 0.25) is 0 Å². The molecule has 1 aromatic rings. The van der Waals surface area contributed by atoms with Gasteiger partial charge in [0.1, 0.15) is 0 Å². The summed E-state index contributed by atoms with van der Waals surface area (Å²) >= 11 is 0. The Morgan fingerprint density at radius 3 is 2.05 bits per heavy atom. The molecule has 0 saturated heterocycles. The third-order valence-electron chi connectivity index (χ3n) is 3.05. The van der Waals surface area contributed by atoms with Gasteiger partial charge in [0.15, 0.2) is 0 Å². The van der Waals surface area contributed by atoms with Gasteiger partial charge < -0.3 is 10.5 Å². The largest absolute Gasteiger partial charge is 0.416 e. The van der Waals surface area contributed by atoms with E-state index in [1.807, 2.05) is 13.8 Å². The van der Waals surface area contributed by atoms with E-state index in [1.165, 1.54) is 6.07 Å². The fourth-order valence-electron chi connectivity index (χ4n) is 1.80. The summed E-state index contributed by atoms with van der Waals surface area (Å²) in [5.74, 6) is 0.0247. The molecular formula is C15H22F3NO. The van der Waals surface area contributed by atoms with Crippen molar-refractivity contribution in [3.05, 3.63) is 34.9 Å². The molecule has 0 heterocycles. The lowest BCUT2D eigenvalue weighted by Gasteiger charge is -2.19. The molecule has 1 aromatic carbocycles. The molecule has 0 fully saturated rings. The van der Waals surface area contributed by atoms with Crippen LogP contribution in [0.3, 0.4) is 0 Å². The molecule has 2 atom stereocenters. The van der Waals surface area contributed by atoms with E-state index in [1.54, 1.807) is 19.9 Å². The van der Waals surface area contributed by atoms with Crippen LogP contribution < -0.4 is 5.73 Å². The van der Waals surface area contributed by atoms with Gasteiger partial charge in [-0.25, -0.2) is 0 Å². The molecule has 20 heavy (non-hydrogen) atoms. The molecule has 0 aliphatic rings. The van der Waals surface area contributed by atoms with Gasteiger partial charge >= 0.3 is 6.18 Å². The number of hydrogen-bond acceptors (Lipinski definition) is 2. The van der Waals surface area contributed by atoms with Crippen molar-refractivity contribution in [1.29, 1.82) is 0 Å². The molecule has 2 N–H and O–H groups in total. The first-order valence-electron chi connectivity index (χ1n) is 6.70. The van der Waals surface area contributed by atoms with Crippen LogP contribution in [0.4, 0.5) is 13.2 Å². The standard InChI is InChI=1S/C15H22F3NO/c1-9(2)12-5-13(11(4)20-8-10(3)19)7-14(6-12)15(16,17)18/h5-7,9-11H,8,19H2,1-4H3. The van der Waals surface area contributed by atoms with E-state index in [0.717, 1.165) is 6.07 Å². The molecule has 0 spiro atoms. The normalized spacial score (nSPS) is 15.4. The maximum absolute atomic E-state index is 12.9. The van der Waals surface area contributed by atoms with E-state index < -0.39 is 17.8 Å². The lowest BCUT2D eigenvalue weighted by Crippen LogP contribution is -2.23. The van der Waals surface area contributed by atoms with Gasteiger partial charge in [0.25, 0.3) is 0 Å². The Labute approximate surface area is 118 Å². The molecule has 5 heteroatoms. The fourth-order valence-corrected chi connectivity index (χ4v) is 1.80. The van der Waals surface area contributed by atoms with Crippen LogP contribution in [0.2, 0.25) is 0 Å². The molecule has 0 bridgehead atoms. The average Bonchev–Trinajstić information content (AvgIpc) is 2.34. The van der Waals surface area contributed by atoms with E-state index in [0.29, 0.717) is 17.7 Å². The third kappa shape index (κ3) is 4.80. The molecular weight excluding hydrogens is 267 g/mol. The Balaban J connectivity index is 3.09. The van der Waals surface area contributed by atoms with Crippen LogP contribution in [0.1, 0.15) is 56.4 Å². The van der Waals surface area contributed by atoms with Crippen molar-refractivity contribution >= 4 is 0 Å². The summed E-state index contributed by atoms with van der Waals surface area (Å²) in [7, 11) is 0. The monoisotopic (exact) mass is 289 g/mol. The van der Waals surface area contributed by atoms with E-state index in [4.69, 9.17) is 10.5 Å². The molecule has 0 radical (unpaired) electrons. The summed E-state index contributed by atoms with van der Waals surface area (Å²) in [4.78, 5) is 0. The van der Waals surface area contributed by atoms with Gasteiger partial charge in [-0.1, -0.05) is 19.9 Å². The highest BCUT2D eigenvalue weighted by molar-refractivity contribution is 5.34. The Morgan fingerprint density at radius 1 is 1.05 bits per heavy atom. The van der Waals surface area contributed by atoms with Gasteiger partial charge in [-0.05, 0) is 43.0 Å². The number of rotatable bonds is 5. The summed E-state index contributed by atoms with van der Waals surface area (Å²) in [5.41, 5.74) is 6.15. The summed E-state index contributed by atoms with van der Waals surface area (Å²) in [6.45, 7) is 7.58. The number of alkyl halides is 3. The van der Waals surface area contributed by atoms with Gasteiger partial charge in [-0.2, -0.15) is 13.2 Å². The zero-order valence-electron chi connectivity index (χ0n) is 12.3. The van der Waals surface area contributed by atoms with Crippen LogP contribution in [0.5, 0.6) is 0 Å². The second-order valence-electron chi connectivity index (χ2n) is 5.49. The molecule has 0 aliphatic carbocycles. The van der Waals surface area contributed by atoms with Crippen molar-refractivity contribution in [2.45, 2.75) is 51.9 Å². The number of benzene rings is 1. The average molecular weight is 289 g/mol. The Bertz CT molecular complexity index is 441. The lowest BCUT2D eigenvalue weighted by atomic mass is 9.95. The van der Waals surface area contributed by atoms with Crippen molar-refractivity contribution in [3.63, 3.8) is 0 Å². The van der Waals surface area contributed by atoms with E-state index in [-0.39, 0.29) is 12.0 Å². The van der Waals surface area contributed by atoms with Crippen LogP contribution in [0.25, 0.3) is 0 Å². The minimum atomic E-state index is -4.35. The van der Waals surface area contributed by atoms with E-state index in [9.17, 15) is 13.2 Å². The smallest absolute Gasteiger partial charge is 0.372 e. The highest BCUT2D eigenvalue weighted by Crippen LogP contribution is 2.34. The minimum absolute atomic E-state index is 0.0247. The molecule has 114 valence electrons. The Kier molecular flexibility index (Phi) is 5.59. The van der Waals surface area contributed by atoms with Crippen molar-refractivity contribution < 1.29 is 17.9 Å². The lowest BCUT2D eigenvalue weighted by molar-refractivity contribution is -0.137. The van der Waals surface area contributed by atoms with Crippen molar-refractivity contribution in [1.82, 2.24) is 0 Å². The predicted molar refractivity (Wildman–Crippen MR) is 73.5 cm³/mol. The predicted octanol–water partition coefficient (Wildman–Crippen LogP) is 4.25. The van der Waals surface area contributed by atoms with Crippen molar-refractivity contribution in [2.75, 3.05) is 6.61 Å². The molecule has 0 saturated carbocycles. The first kappa shape index (κ1) is 17.0. The minimum Gasteiger partial charge on any atom is -0.372 e. The molecule has 1 rings (SSSR count). The quantitative estimate of drug-likeness (QED) is 0.879. The third-order valence-corrected chi connectivity index (χ3v) is 3.05. The van der Waals surface area contributed by atoms with Crippen LogP contribution in [0, 0.1) is 0 Å². The van der Waals surface area contributed by atoms with Crippen LogP contribution in [-0.2, 0) is 10.9 Å². The second-order valence-corrected chi connectivity index (χ2v) is 5.49. The number of nitrogens with two attached hydrogens (primary N) is 1. The molecule has 0 aromatic heterocycles. The van der Waals surface area contributed by atoms with Gasteiger partial charge in [-0.15, -0.1) is 0 Å². The first-order chi connectivity index (χ1) is 9.11. The maximum Gasteiger partial charge on any atom is 0.416 e. The summed E-state index contributed by atoms with van der Waals surface area (Å²) in [6, 6.07) is 3.98. The van der Waals surface area contributed by atoms with E-state index >= 15 is 0 Å². The van der Waals surface area contributed by atoms with Gasteiger partial charge in [0.05, 0.1) is 18.3 Å². The topological polar surface area (TPSA) is 35.2 Å². The van der Waals surface area contributed by atoms with Crippen LogP contribution >= 0.6 is 0 Å². The summed E-state index contributed by atoms with van der Waals surface area (Å²) in [5, 5.41) is 0. The highest BCUT2D eigenvalue weighted by atomic mass is 19.4. The number of halogens is 3. The van der Waals surface area contributed by atoms with Crippen molar-refractivity contribution in [3.8, 4) is 0 Å². The maximum atomic E-state index is 12.9. The summed E-state index contributed by atoms with van der Waals surface area (Å²) < 4.78 is 44.3. The zero-order valence-corrected chi connectivity index (χ0v) is 12.3. The van der Waals surface area contributed by atoms with Crippen molar-refractivity contribution in [2.24, 2.45) is 5.73 Å². The second kappa shape index (κ2) is 6.59. The Morgan fingerprint density at radius 2 is 1.60 bits per heavy atom. The molecule has 2 nitrogen and oxygen atoms in total. The van der Waals surface area contributed by atoms with E-state index in [2.05, 4.69) is 0 Å². The highest BCUT2D eigenvalue weighted by Gasteiger charge is 2.31. The molecule has 0 aliphatic heterocycles. The van der Waals surface area contributed by atoms with Gasteiger partial charge in [0, 0.05) is 6.04 Å². The first-order valence-corrected chi connectivity index (χ1v) is 6.70. The van der Waals surface area contributed by atoms with Crippen LogP contribution in [0.15, 0.2) is 18.2 Å². The molecule has 0 amide bonds. The zero-order chi connectivity index (χ0) is 15.5.